The largest absolute Gasteiger partial charge is 0.364 e. The van der Waals surface area contributed by atoms with Crippen LogP contribution in [-0.4, -0.2) is 36.6 Å². The predicted molar refractivity (Wildman–Crippen MR) is 35.1 cm³/mol. The summed E-state index contributed by atoms with van der Waals surface area (Å²) in [6, 6.07) is 0. The van der Waals surface area contributed by atoms with Gasteiger partial charge < -0.3 is 14.2 Å². The molecule has 11 heavy (non-hydrogen) atoms. The van der Waals surface area contributed by atoms with Crippen molar-refractivity contribution in [2.45, 2.75) is 30.0 Å². The lowest BCUT2D eigenvalue weighted by molar-refractivity contribution is 0.190. The first kappa shape index (κ1) is 5.30. The summed E-state index contributed by atoms with van der Waals surface area (Å²) in [5.74, 6) is 0. The summed E-state index contributed by atoms with van der Waals surface area (Å²) in [6.07, 6.45) is 5.47. The summed E-state index contributed by atoms with van der Waals surface area (Å²) in [4.78, 5) is 0. The smallest absolute Gasteiger partial charge is 0.149 e. The molecule has 4 aliphatic rings. The number of fused-ring (bicyclic) bond motifs is 4. The van der Waals surface area contributed by atoms with Crippen LogP contribution in [0.4, 0.5) is 0 Å². The van der Waals surface area contributed by atoms with Crippen molar-refractivity contribution in [3.63, 3.8) is 0 Å². The molecule has 0 N–H and O–H groups in total. The Labute approximate surface area is 63.9 Å². The minimum Gasteiger partial charge on any atom is -0.364 e. The molecule has 0 aromatic rings. The number of epoxide rings is 3. The maximum absolute atomic E-state index is 5.44. The second-order valence-corrected chi connectivity index (χ2v) is 3.67. The Balaban J connectivity index is 1.81. The van der Waals surface area contributed by atoms with Crippen molar-refractivity contribution < 1.29 is 14.2 Å². The van der Waals surface area contributed by atoms with Gasteiger partial charge in [-0.1, -0.05) is 12.2 Å². The molecule has 3 heterocycles. The van der Waals surface area contributed by atoms with E-state index in [4.69, 9.17) is 14.2 Å². The SMILES string of the molecule is C1=C[C@H]2O[C@H]2C2(CO2)[C@H]2O[C@@H]12. The molecule has 0 bridgehead atoms. The monoisotopic (exact) mass is 152 g/mol. The maximum atomic E-state index is 5.44. The zero-order valence-electron chi connectivity index (χ0n) is 5.90. The van der Waals surface area contributed by atoms with Crippen molar-refractivity contribution in [3.05, 3.63) is 12.2 Å². The van der Waals surface area contributed by atoms with Crippen LogP contribution in [0.2, 0.25) is 0 Å². The van der Waals surface area contributed by atoms with Crippen LogP contribution in [0.1, 0.15) is 0 Å². The Bertz CT molecular complexity index is 234. The summed E-state index contributed by atoms with van der Waals surface area (Å²) < 4.78 is 16.3. The van der Waals surface area contributed by atoms with E-state index in [9.17, 15) is 0 Å². The third-order valence-corrected chi connectivity index (χ3v) is 2.98. The normalized spacial score (nSPS) is 68.4. The Hall–Kier alpha value is -0.380. The molecular weight excluding hydrogens is 144 g/mol. The van der Waals surface area contributed by atoms with E-state index in [0.717, 1.165) is 6.61 Å². The molecule has 0 aromatic heterocycles. The van der Waals surface area contributed by atoms with Gasteiger partial charge in [0.25, 0.3) is 0 Å². The summed E-state index contributed by atoms with van der Waals surface area (Å²) in [7, 11) is 0. The van der Waals surface area contributed by atoms with Gasteiger partial charge in [-0.3, -0.25) is 0 Å². The Morgan fingerprint density at radius 3 is 2.09 bits per heavy atom. The van der Waals surface area contributed by atoms with Gasteiger partial charge in [0.05, 0.1) is 6.61 Å². The van der Waals surface area contributed by atoms with Crippen molar-refractivity contribution in [1.82, 2.24) is 0 Å². The van der Waals surface area contributed by atoms with Crippen LogP contribution in [0.25, 0.3) is 0 Å². The van der Waals surface area contributed by atoms with Crippen molar-refractivity contribution in [1.29, 1.82) is 0 Å². The molecule has 3 nitrogen and oxygen atoms in total. The van der Waals surface area contributed by atoms with E-state index < -0.39 is 0 Å². The van der Waals surface area contributed by atoms with Gasteiger partial charge in [-0.25, -0.2) is 0 Å². The fourth-order valence-corrected chi connectivity index (χ4v) is 2.12. The Morgan fingerprint density at radius 1 is 1.09 bits per heavy atom. The first-order valence-corrected chi connectivity index (χ1v) is 4.03. The number of hydrogen-bond acceptors (Lipinski definition) is 3. The highest BCUT2D eigenvalue weighted by atomic mass is 16.7. The van der Waals surface area contributed by atoms with E-state index in [1.807, 2.05) is 0 Å². The molecule has 58 valence electrons. The molecule has 0 aromatic carbocycles. The molecule has 4 rings (SSSR count). The Morgan fingerprint density at radius 2 is 1.64 bits per heavy atom. The average molecular weight is 152 g/mol. The lowest BCUT2D eigenvalue weighted by Crippen LogP contribution is -2.28. The van der Waals surface area contributed by atoms with Crippen LogP contribution < -0.4 is 0 Å². The molecule has 3 fully saturated rings. The summed E-state index contributed by atoms with van der Waals surface area (Å²) >= 11 is 0. The lowest BCUT2D eigenvalue weighted by Gasteiger charge is -2.01. The lowest BCUT2D eigenvalue weighted by atomic mass is 10.0. The first-order valence-electron chi connectivity index (χ1n) is 4.03. The van der Waals surface area contributed by atoms with Crippen molar-refractivity contribution >= 4 is 0 Å². The van der Waals surface area contributed by atoms with E-state index in [-0.39, 0.29) is 5.60 Å². The number of hydrogen-bond donors (Lipinski definition) is 0. The third kappa shape index (κ3) is 0.494. The fraction of sp³-hybridized carbons (Fsp3) is 0.750. The van der Waals surface area contributed by atoms with Gasteiger partial charge in [-0.2, -0.15) is 0 Å². The molecule has 0 amide bonds. The molecule has 3 heteroatoms. The summed E-state index contributed by atoms with van der Waals surface area (Å²) in [5.41, 5.74) is -0.0289. The third-order valence-electron chi connectivity index (χ3n) is 2.98. The maximum Gasteiger partial charge on any atom is 0.149 e. The fourth-order valence-electron chi connectivity index (χ4n) is 2.12. The van der Waals surface area contributed by atoms with Crippen LogP contribution in [0.3, 0.4) is 0 Å². The highest BCUT2D eigenvalue weighted by Gasteiger charge is 2.74. The summed E-state index contributed by atoms with van der Waals surface area (Å²) in [6.45, 7) is 0.830. The molecule has 5 atom stereocenters. The van der Waals surface area contributed by atoms with Crippen molar-refractivity contribution in [3.8, 4) is 0 Å². The van der Waals surface area contributed by atoms with Gasteiger partial charge in [0.1, 0.15) is 30.0 Å². The number of ether oxygens (including phenoxy) is 3. The molecule has 1 unspecified atom stereocenters. The van der Waals surface area contributed by atoms with E-state index in [2.05, 4.69) is 12.2 Å². The van der Waals surface area contributed by atoms with Crippen LogP contribution in [0.15, 0.2) is 12.2 Å². The highest BCUT2D eigenvalue weighted by molar-refractivity contribution is 5.29. The second-order valence-electron chi connectivity index (χ2n) is 3.67. The van der Waals surface area contributed by atoms with Crippen molar-refractivity contribution in [2.24, 2.45) is 0 Å². The van der Waals surface area contributed by atoms with Gasteiger partial charge in [0.15, 0.2) is 0 Å². The zero-order valence-corrected chi connectivity index (χ0v) is 5.90. The van der Waals surface area contributed by atoms with Gasteiger partial charge in [0, 0.05) is 0 Å². The van der Waals surface area contributed by atoms with Crippen molar-refractivity contribution in [2.75, 3.05) is 6.61 Å². The minimum atomic E-state index is -0.0289. The highest BCUT2D eigenvalue weighted by Crippen LogP contribution is 2.55. The predicted octanol–water partition coefficient (Wildman–Crippen LogP) is -0.140. The first-order chi connectivity index (χ1) is 5.40. The quantitative estimate of drug-likeness (QED) is 0.358. The van der Waals surface area contributed by atoms with E-state index in [0.29, 0.717) is 24.4 Å². The topological polar surface area (TPSA) is 37.6 Å². The number of rotatable bonds is 0. The molecule has 1 spiro atoms. The zero-order chi connectivity index (χ0) is 7.05. The van der Waals surface area contributed by atoms with Crippen LogP contribution in [0.5, 0.6) is 0 Å². The van der Waals surface area contributed by atoms with E-state index in [1.54, 1.807) is 0 Å². The van der Waals surface area contributed by atoms with Gasteiger partial charge in [0.2, 0.25) is 0 Å². The summed E-state index contributed by atoms with van der Waals surface area (Å²) in [5, 5.41) is 0. The molecule has 3 aliphatic heterocycles. The molecular formula is C8H8O3. The molecule has 3 saturated heterocycles. The Kier molecular flexibility index (Phi) is 0.617. The van der Waals surface area contributed by atoms with Gasteiger partial charge >= 0.3 is 0 Å². The molecule has 1 aliphatic carbocycles. The van der Waals surface area contributed by atoms with Gasteiger partial charge in [-0.15, -0.1) is 0 Å². The minimum absolute atomic E-state index is 0.0289. The average Bonchev–Trinajstić information content (AvgIpc) is 2.83. The van der Waals surface area contributed by atoms with Gasteiger partial charge in [-0.05, 0) is 0 Å². The standard InChI is InChI=1S/C8H8O3/c1-2-5-7(11-5)8(3-9-8)6-4(1)10-6/h1-2,4-7H,3H2/t4-,5+,6-,7+,8?. The van der Waals surface area contributed by atoms with E-state index in [1.165, 1.54) is 0 Å². The van der Waals surface area contributed by atoms with E-state index >= 15 is 0 Å². The van der Waals surface area contributed by atoms with Crippen LogP contribution in [0, 0.1) is 0 Å². The van der Waals surface area contributed by atoms with Crippen LogP contribution >= 0.6 is 0 Å². The molecule has 0 radical (unpaired) electrons. The molecule has 0 saturated carbocycles. The second kappa shape index (κ2) is 1.28. The van der Waals surface area contributed by atoms with Crippen LogP contribution in [-0.2, 0) is 14.2 Å².